The lowest BCUT2D eigenvalue weighted by atomic mass is 9.91. The summed E-state index contributed by atoms with van der Waals surface area (Å²) in [4.78, 5) is 0. The SMILES string of the molecule is CCc1ccc(C2=CCC(CC)C=C2)cc1. The van der Waals surface area contributed by atoms with Crippen molar-refractivity contribution in [3.63, 3.8) is 0 Å². The Morgan fingerprint density at radius 3 is 2.38 bits per heavy atom. The number of aryl methyl sites for hydroxylation is 1. The number of hydrogen-bond donors (Lipinski definition) is 0. The largest absolute Gasteiger partial charge is 0.0805 e. The molecule has 84 valence electrons. The third-order valence-electron chi connectivity index (χ3n) is 3.41. The summed E-state index contributed by atoms with van der Waals surface area (Å²) >= 11 is 0. The zero-order valence-electron chi connectivity index (χ0n) is 10.2. The van der Waals surface area contributed by atoms with Crippen molar-refractivity contribution >= 4 is 5.57 Å². The molecular weight excluding hydrogens is 192 g/mol. The van der Waals surface area contributed by atoms with Crippen LogP contribution >= 0.6 is 0 Å². The average Bonchev–Trinajstić information content (AvgIpc) is 2.39. The van der Waals surface area contributed by atoms with Gasteiger partial charge in [-0.15, -0.1) is 0 Å². The fourth-order valence-corrected chi connectivity index (χ4v) is 2.11. The van der Waals surface area contributed by atoms with E-state index in [0.29, 0.717) is 0 Å². The van der Waals surface area contributed by atoms with Crippen molar-refractivity contribution < 1.29 is 0 Å². The maximum absolute atomic E-state index is 2.37. The Morgan fingerprint density at radius 1 is 1.12 bits per heavy atom. The molecule has 1 unspecified atom stereocenters. The highest BCUT2D eigenvalue weighted by molar-refractivity contribution is 5.74. The Kier molecular flexibility index (Phi) is 3.61. The molecule has 1 aliphatic carbocycles. The zero-order chi connectivity index (χ0) is 11.4. The minimum absolute atomic E-state index is 0.749. The second-order valence-corrected chi connectivity index (χ2v) is 4.47. The molecule has 1 aromatic carbocycles. The Labute approximate surface area is 98.7 Å². The molecule has 1 atom stereocenters. The van der Waals surface area contributed by atoms with Gasteiger partial charge < -0.3 is 0 Å². The van der Waals surface area contributed by atoms with Crippen LogP contribution in [0.25, 0.3) is 5.57 Å². The first kappa shape index (κ1) is 11.2. The van der Waals surface area contributed by atoms with Crippen LogP contribution in [0.3, 0.4) is 0 Å². The van der Waals surface area contributed by atoms with E-state index < -0.39 is 0 Å². The number of hydrogen-bond acceptors (Lipinski definition) is 0. The first-order valence-corrected chi connectivity index (χ1v) is 6.31. The van der Waals surface area contributed by atoms with Crippen molar-refractivity contribution in [2.75, 3.05) is 0 Å². The lowest BCUT2D eigenvalue weighted by molar-refractivity contribution is 0.634. The molecule has 2 rings (SSSR count). The van der Waals surface area contributed by atoms with Gasteiger partial charge in [-0.3, -0.25) is 0 Å². The van der Waals surface area contributed by atoms with E-state index in [-0.39, 0.29) is 0 Å². The molecule has 0 heterocycles. The molecule has 0 aliphatic heterocycles. The third kappa shape index (κ3) is 2.44. The molecule has 0 nitrogen and oxygen atoms in total. The van der Waals surface area contributed by atoms with Crippen LogP contribution in [-0.4, -0.2) is 0 Å². The summed E-state index contributed by atoms with van der Waals surface area (Å²) < 4.78 is 0. The van der Waals surface area contributed by atoms with E-state index in [0.717, 1.165) is 12.3 Å². The molecule has 1 aliphatic rings. The van der Waals surface area contributed by atoms with Crippen LogP contribution in [0.5, 0.6) is 0 Å². The summed E-state index contributed by atoms with van der Waals surface area (Å²) in [7, 11) is 0. The summed E-state index contributed by atoms with van der Waals surface area (Å²) in [6.45, 7) is 4.45. The molecule has 0 bridgehead atoms. The van der Waals surface area contributed by atoms with Crippen LogP contribution in [0.15, 0.2) is 42.5 Å². The van der Waals surface area contributed by atoms with E-state index >= 15 is 0 Å². The minimum Gasteiger partial charge on any atom is -0.0805 e. The average molecular weight is 212 g/mol. The molecule has 0 fully saturated rings. The van der Waals surface area contributed by atoms with Crippen LogP contribution in [0.1, 0.15) is 37.8 Å². The summed E-state index contributed by atoms with van der Waals surface area (Å²) in [6.07, 6.45) is 10.6. The van der Waals surface area contributed by atoms with Gasteiger partial charge in [0.1, 0.15) is 0 Å². The standard InChI is InChI=1S/C16H20/c1-3-13-5-9-15(10-6-13)16-11-7-14(4-2)8-12-16/h5-7,9-12,14H,3-4,8H2,1-2H3. The van der Waals surface area contributed by atoms with Crippen molar-refractivity contribution in [3.8, 4) is 0 Å². The fourth-order valence-electron chi connectivity index (χ4n) is 2.11. The van der Waals surface area contributed by atoms with Crippen LogP contribution in [0, 0.1) is 5.92 Å². The molecule has 1 aromatic rings. The van der Waals surface area contributed by atoms with Crippen LogP contribution in [0.4, 0.5) is 0 Å². The second-order valence-electron chi connectivity index (χ2n) is 4.47. The lowest BCUT2D eigenvalue weighted by Gasteiger charge is -2.14. The van der Waals surface area contributed by atoms with Crippen molar-refractivity contribution in [1.29, 1.82) is 0 Å². The van der Waals surface area contributed by atoms with Gasteiger partial charge >= 0.3 is 0 Å². The van der Waals surface area contributed by atoms with Gasteiger partial charge in [-0.25, -0.2) is 0 Å². The zero-order valence-corrected chi connectivity index (χ0v) is 10.2. The molecular formula is C16H20. The minimum atomic E-state index is 0.749. The molecule has 0 radical (unpaired) electrons. The van der Waals surface area contributed by atoms with E-state index in [4.69, 9.17) is 0 Å². The van der Waals surface area contributed by atoms with Crippen molar-refractivity contribution in [2.45, 2.75) is 33.1 Å². The number of allylic oxidation sites excluding steroid dienone is 4. The highest BCUT2D eigenvalue weighted by Crippen LogP contribution is 2.25. The molecule has 0 saturated heterocycles. The molecule has 0 saturated carbocycles. The lowest BCUT2D eigenvalue weighted by Crippen LogP contribution is -1.97. The smallest absolute Gasteiger partial charge is 0.0187 e. The molecule has 0 spiro atoms. The van der Waals surface area contributed by atoms with Crippen molar-refractivity contribution in [3.05, 3.63) is 53.6 Å². The van der Waals surface area contributed by atoms with E-state index in [2.05, 4.69) is 56.3 Å². The molecule has 0 amide bonds. The molecule has 0 heteroatoms. The first-order chi connectivity index (χ1) is 7.83. The van der Waals surface area contributed by atoms with Gasteiger partial charge in [0.25, 0.3) is 0 Å². The van der Waals surface area contributed by atoms with Gasteiger partial charge in [-0.05, 0) is 41.9 Å². The van der Waals surface area contributed by atoms with Gasteiger partial charge in [-0.2, -0.15) is 0 Å². The third-order valence-corrected chi connectivity index (χ3v) is 3.41. The molecule has 0 N–H and O–H groups in total. The summed E-state index contributed by atoms with van der Waals surface area (Å²) in [5.41, 5.74) is 4.14. The fraction of sp³-hybridized carbons (Fsp3) is 0.375. The highest BCUT2D eigenvalue weighted by atomic mass is 14.1. The maximum Gasteiger partial charge on any atom is -0.0187 e. The van der Waals surface area contributed by atoms with Gasteiger partial charge in [-0.1, -0.05) is 56.3 Å². The quantitative estimate of drug-likeness (QED) is 0.686. The molecule has 0 aromatic heterocycles. The maximum atomic E-state index is 2.37. The first-order valence-electron chi connectivity index (χ1n) is 6.31. The van der Waals surface area contributed by atoms with E-state index in [1.165, 1.54) is 29.5 Å². The summed E-state index contributed by atoms with van der Waals surface area (Å²) in [5, 5.41) is 0. The Balaban J connectivity index is 2.14. The monoisotopic (exact) mass is 212 g/mol. The van der Waals surface area contributed by atoms with Crippen LogP contribution in [-0.2, 0) is 6.42 Å². The predicted molar refractivity (Wildman–Crippen MR) is 71.3 cm³/mol. The Hall–Kier alpha value is -1.30. The van der Waals surface area contributed by atoms with E-state index in [1.807, 2.05) is 0 Å². The van der Waals surface area contributed by atoms with Gasteiger partial charge in [0, 0.05) is 0 Å². The van der Waals surface area contributed by atoms with E-state index in [1.54, 1.807) is 0 Å². The summed E-state index contributed by atoms with van der Waals surface area (Å²) in [6, 6.07) is 8.94. The Bertz CT molecular complexity index is 393. The van der Waals surface area contributed by atoms with Crippen molar-refractivity contribution in [1.82, 2.24) is 0 Å². The van der Waals surface area contributed by atoms with Crippen LogP contribution in [0.2, 0.25) is 0 Å². The van der Waals surface area contributed by atoms with Crippen molar-refractivity contribution in [2.24, 2.45) is 5.92 Å². The normalized spacial score (nSPS) is 19.6. The highest BCUT2D eigenvalue weighted by Gasteiger charge is 2.07. The van der Waals surface area contributed by atoms with Gasteiger partial charge in [0.2, 0.25) is 0 Å². The van der Waals surface area contributed by atoms with Gasteiger partial charge in [0.15, 0.2) is 0 Å². The second kappa shape index (κ2) is 5.16. The summed E-state index contributed by atoms with van der Waals surface area (Å²) in [5.74, 6) is 0.749. The van der Waals surface area contributed by atoms with Crippen LogP contribution < -0.4 is 0 Å². The topological polar surface area (TPSA) is 0 Å². The Morgan fingerprint density at radius 2 is 1.88 bits per heavy atom. The number of benzene rings is 1. The predicted octanol–water partition coefficient (Wildman–Crippen LogP) is 4.62. The molecule has 16 heavy (non-hydrogen) atoms. The number of rotatable bonds is 3. The van der Waals surface area contributed by atoms with E-state index in [9.17, 15) is 0 Å². The van der Waals surface area contributed by atoms with Gasteiger partial charge in [0.05, 0.1) is 0 Å².